The molecule has 1 aromatic heterocycles. The number of nitrogens with two attached hydrogens (primary N) is 1. The van der Waals surface area contributed by atoms with Gasteiger partial charge in [0.05, 0.1) is 5.69 Å². The molecule has 112 valence electrons. The maximum Gasteiger partial charge on any atom is 0.0547 e. The SMILES string of the molecule is CCN(Cc1cccc(C)n1)CC1(CN)CCOCC1. The molecule has 1 aliphatic rings. The number of rotatable bonds is 6. The van der Waals surface area contributed by atoms with Gasteiger partial charge in [0.1, 0.15) is 0 Å². The van der Waals surface area contributed by atoms with Gasteiger partial charge in [-0.1, -0.05) is 13.0 Å². The van der Waals surface area contributed by atoms with Gasteiger partial charge in [0.2, 0.25) is 0 Å². The summed E-state index contributed by atoms with van der Waals surface area (Å²) in [6.45, 7) is 9.65. The molecule has 0 aliphatic carbocycles. The van der Waals surface area contributed by atoms with Crippen molar-refractivity contribution in [3.63, 3.8) is 0 Å². The van der Waals surface area contributed by atoms with Crippen LogP contribution in [0.25, 0.3) is 0 Å². The molecule has 4 heteroatoms. The van der Waals surface area contributed by atoms with Gasteiger partial charge in [-0.25, -0.2) is 0 Å². The predicted molar refractivity (Wildman–Crippen MR) is 81.5 cm³/mol. The summed E-state index contributed by atoms with van der Waals surface area (Å²) in [6, 6.07) is 6.23. The fourth-order valence-electron chi connectivity index (χ4n) is 2.90. The maximum atomic E-state index is 6.06. The van der Waals surface area contributed by atoms with Crippen molar-refractivity contribution in [1.29, 1.82) is 0 Å². The van der Waals surface area contributed by atoms with Crippen LogP contribution in [0.3, 0.4) is 0 Å². The van der Waals surface area contributed by atoms with E-state index < -0.39 is 0 Å². The van der Waals surface area contributed by atoms with Crippen molar-refractivity contribution >= 4 is 0 Å². The molecule has 4 nitrogen and oxygen atoms in total. The van der Waals surface area contributed by atoms with Gasteiger partial charge in [-0.3, -0.25) is 9.88 Å². The van der Waals surface area contributed by atoms with Gasteiger partial charge in [0, 0.05) is 32.0 Å². The van der Waals surface area contributed by atoms with Gasteiger partial charge in [-0.05, 0) is 50.4 Å². The van der Waals surface area contributed by atoms with E-state index >= 15 is 0 Å². The zero-order valence-electron chi connectivity index (χ0n) is 12.8. The quantitative estimate of drug-likeness (QED) is 0.863. The third kappa shape index (κ3) is 4.01. The van der Waals surface area contributed by atoms with Crippen molar-refractivity contribution in [2.45, 2.75) is 33.2 Å². The lowest BCUT2D eigenvalue weighted by Crippen LogP contribution is -2.45. The lowest BCUT2D eigenvalue weighted by atomic mass is 9.79. The third-order valence-electron chi connectivity index (χ3n) is 4.32. The Morgan fingerprint density at radius 3 is 2.70 bits per heavy atom. The zero-order valence-corrected chi connectivity index (χ0v) is 12.8. The van der Waals surface area contributed by atoms with Crippen molar-refractivity contribution in [3.8, 4) is 0 Å². The summed E-state index contributed by atoms with van der Waals surface area (Å²) < 4.78 is 5.49. The highest BCUT2D eigenvalue weighted by Gasteiger charge is 2.32. The molecule has 1 fully saturated rings. The summed E-state index contributed by atoms with van der Waals surface area (Å²) in [5.41, 5.74) is 8.51. The molecule has 0 atom stereocenters. The first kappa shape index (κ1) is 15.4. The van der Waals surface area contributed by atoms with Crippen molar-refractivity contribution in [2.24, 2.45) is 11.1 Å². The van der Waals surface area contributed by atoms with E-state index in [-0.39, 0.29) is 5.41 Å². The lowest BCUT2D eigenvalue weighted by Gasteiger charge is -2.40. The van der Waals surface area contributed by atoms with Crippen LogP contribution in [0.5, 0.6) is 0 Å². The predicted octanol–water partition coefficient (Wildman–Crippen LogP) is 1.97. The normalized spacial score (nSPS) is 18.4. The third-order valence-corrected chi connectivity index (χ3v) is 4.32. The molecule has 0 radical (unpaired) electrons. The second kappa shape index (κ2) is 7.16. The van der Waals surface area contributed by atoms with Gasteiger partial charge in [0.25, 0.3) is 0 Å². The highest BCUT2D eigenvalue weighted by atomic mass is 16.5. The number of pyridine rings is 1. The Hall–Kier alpha value is -0.970. The van der Waals surface area contributed by atoms with Crippen molar-refractivity contribution in [3.05, 3.63) is 29.6 Å². The van der Waals surface area contributed by atoms with Crippen LogP contribution in [0, 0.1) is 12.3 Å². The molecule has 0 bridgehead atoms. The largest absolute Gasteiger partial charge is 0.381 e. The topological polar surface area (TPSA) is 51.4 Å². The molecule has 1 aliphatic heterocycles. The number of nitrogens with zero attached hydrogens (tertiary/aromatic N) is 2. The van der Waals surface area contributed by atoms with Crippen molar-refractivity contribution in [1.82, 2.24) is 9.88 Å². The number of hydrogen-bond acceptors (Lipinski definition) is 4. The second-order valence-corrected chi connectivity index (χ2v) is 5.89. The highest BCUT2D eigenvalue weighted by Crippen LogP contribution is 2.30. The summed E-state index contributed by atoms with van der Waals surface area (Å²) in [5, 5.41) is 0. The standard InChI is InChI=1S/C16H27N3O/c1-3-19(11-15-6-4-5-14(2)18-15)13-16(12-17)7-9-20-10-8-16/h4-6H,3,7-13,17H2,1-2H3. The first-order valence-corrected chi connectivity index (χ1v) is 7.60. The first-order valence-electron chi connectivity index (χ1n) is 7.60. The first-order chi connectivity index (χ1) is 9.67. The Labute approximate surface area is 122 Å². The Bertz CT molecular complexity index is 416. The molecular formula is C16H27N3O. The van der Waals surface area contributed by atoms with E-state index in [9.17, 15) is 0 Å². The molecule has 0 amide bonds. The van der Waals surface area contributed by atoms with E-state index in [0.717, 1.165) is 63.6 Å². The molecule has 0 unspecified atom stereocenters. The van der Waals surface area contributed by atoms with Crippen LogP contribution in [-0.4, -0.2) is 42.7 Å². The van der Waals surface area contributed by atoms with Gasteiger partial charge < -0.3 is 10.5 Å². The van der Waals surface area contributed by atoms with Crippen LogP contribution in [0.2, 0.25) is 0 Å². The van der Waals surface area contributed by atoms with Gasteiger partial charge in [-0.15, -0.1) is 0 Å². The molecule has 0 saturated carbocycles. The van der Waals surface area contributed by atoms with E-state index in [1.807, 2.05) is 13.0 Å². The van der Waals surface area contributed by atoms with Crippen LogP contribution in [0.1, 0.15) is 31.2 Å². The molecule has 2 rings (SSSR count). The molecule has 1 saturated heterocycles. The number of hydrogen-bond donors (Lipinski definition) is 1. The monoisotopic (exact) mass is 277 g/mol. The smallest absolute Gasteiger partial charge is 0.0547 e. The van der Waals surface area contributed by atoms with Crippen LogP contribution >= 0.6 is 0 Å². The number of aromatic nitrogens is 1. The fraction of sp³-hybridized carbons (Fsp3) is 0.688. The van der Waals surface area contributed by atoms with Crippen molar-refractivity contribution < 1.29 is 4.74 Å². The summed E-state index contributed by atoms with van der Waals surface area (Å²) in [5.74, 6) is 0. The molecular weight excluding hydrogens is 250 g/mol. The summed E-state index contributed by atoms with van der Waals surface area (Å²) >= 11 is 0. The van der Waals surface area contributed by atoms with Gasteiger partial charge in [0.15, 0.2) is 0 Å². The minimum absolute atomic E-state index is 0.220. The Balaban J connectivity index is 2.00. The van der Waals surface area contributed by atoms with Gasteiger partial charge in [-0.2, -0.15) is 0 Å². The highest BCUT2D eigenvalue weighted by molar-refractivity contribution is 5.09. The van der Waals surface area contributed by atoms with E-state index in [4.69, 9.17) is 10.5 Å². The minimum Gasteiger partial charge on any atom is -0.381 e. The lowest BCUT2D eigenvalue weighted by molar-refractivity contribution is -0.000838. The summed E-state index contributed by atoms with van der Waals surface area (Å²) in [7, 11) is 0. The number of ether oxygens (including phenoxy) is 1. The maximum absolute atomic E-state index is 6.06. The molecule has 0 spiro atoms. The molecule has 1 aromatic rings. The zero-order chi connectivity index (χ0) is 14.4. The molecule has 2 N–H and O–H groups in total. The Morgan fingerprint density at radius 2 is 2.10 bits per heavy atom. The van der Waals surface area contributed by atoms with Crippen LogP contribution in [0.4, 0.5) is 0 Å². The Kier molecular flexibility index (Phi) is 5.52. The van der Waals surface area contributed by atoms with Crippen LogP contribution < -0.4 is 5.73 Å². The second-order valence-electron chi connectivity index (χ2n) is 5.89. The average Bonchev–Trinajstić information content (AvgIpc) is 2.47. The fourth-order valence-corrected chi connectivity index (χ4v) is 2.90. The van der Waals surface area contributed by atoms with E-state index in [1.54, 1.807) is 0 Å². The average molecular weight is 277 g/mol. The van der Waals surface area contributed by atoms with Crippen LogP contribution in [0.15, 0.2) is 18.2 Å². The molecule has 2 heterocycles. The number of aryl methyl sites for hydroxylation is 1. The van der Waals surface area contributed by atoms with Crippen LogP contribution in [-0.2, 0) is 11.3 Å². The Morgan fingerprint density at radius 1 is 1.35 bits per heavy atom. The van der Waals surface area contributed by atoms with E-state index in [0.29, 0.717) is 0 Å². The summed E-state index contributed by atoms with van der Waals surface area (Å²) in [4.78, 5) is 7.06. The molecule has 20 heavy (non-hydrogen) atoms. The minimum atomic E-state index is 0.220. The van der Waals surface area contributed by atoms with E-state index in [2.05, 4.69) is 28.9 Å². The van der Waals surface area contributed by atoms with E-state index in [1.165, 1.54) is 0 Å². The van der Waals surface area contributed by atoms with Crippen molar-refractivity contribution in [2.75, 3.05) is 32.8 Å². The summed E-state index contributed by atoms with van der Waals surface area (Å²) in [6.07, 6.45) is 2.14. The molecule has 0 aromatic carbocycles. The van der Waals surface area contributed by atoms with Gasteiger partial charge >= 0.3 is 0 Å².